The predicted octanol–water partition coefficient (Wildman–Crippen LogP) is 0.914. The fourth-order valence-corrected chi connectivity index (χ4v) is 0.921. The van der Waals surface area contributed by atoms with Crippen LogP contribution in [0.2, 0.25) is 0 Å². The van der Waals surface area contributed by atoms with Crippen LogP contribution in [0, 0.1) is 23.2 Å². The van der Waals surface area contributed by atoms with Gasteiger partial charge in [0.2, 0.25) is 0 Å². The number of hydrogen-bond donors (Lipinski definition) is 1. The lowest BCUT2D eigenvalue weighted by molar-refractivity contribution is 0.818. The maximum absolute atomic E-state index is 8.60. The van der Waals surface area contributed by atoms with E-state index in [2.05, 4.69) is 22.1 Å². The topological polar surface area (TPSA) is 48.7 Å². The van der Waals surface area contributed by atoms with E-state index in [-0.39, 0.29) is 0 Å². The molecule has 14 heavy (non-hydrogen) atoms. The Morgan fingerprint density at radius 1 is 1.57 bits per heavy atom. The Hall–Kier alpha value is -1.84. The molecule has 0 aromatic carbocycles. The molecule has 1 N–H and O–H groups in total. The van der Waals surface area contributed by atoms with Crippen molar-refractivity contribution in [2.75, 3.05) is 13.6 Å². The van der Waals surface area contributed by atoms with E-state index in [1.165, 1.54) is 0 Å². The molecular formula is C11H11N3. The minimum atomic E-state index is 0.408. The fraction of sp³-hybridized carbons (Fsp3) is 0.273. The highest BCUT2D eigenvalue weighted by Gasteiger charge is 1.91. The number of aromatic nitrogens is 1. The third-order valence-electron chi connectivity index (χ3n) is 1.61. The average Bonchev–Trinajstić information content (AvgIpc) is 2.25. The molecule has 1 rings (SSSR count). The molecule has 0 bridgehead atoms. The van der Waals surface area contributed by atoms with Gasteiger partial charge < -0.3 is 5.32 Å². The molecule has 3 heteroatoms. The van der Waals surface area contributed by atoms with Gasteiger partial charge in [0.25, 0.3) is 0 Å². The summed E-state index contributed by atoms with van der Waals surface area (Å²) in [7, 11) is 1.89. The first kappa shape index (κ1) is 10.2. The lowest BCUT2D eigenvalue weighted by atomic mass is 10.2. The fourth-order valence-electron chi connectivity index (χ4n) is 0.921. The molecule has 0 amide bonds. The van der Waals surface area contributed by atoms with Crippen molar-refractivity contribution in [3.05, 3.63) is 29.6 Å². The van der Waals surface area contributed by atoms with Crippen molar-refractivity contribution in [2.45, 2.75) is 6.42 Å². The van der Waals surface area contributed by atoms with Gasteiger partial charge in [-0.05, 0) is 19.2 Å². The number of hydrogen-bond acceptors (Lipinski definition) is 3. The minimum Gasteiger partial charge on any atom is -0.319 e. The molecule has 0 radical (unpaired) electrons. The first-order chi connectivity index (χ1) is 6.86. The zero-order chi connectivity index (χ0) is 10.2. The summed E-state index contributed by atoms with van der Waals surface area (Å²) in [5.41, 5.74) is 1.25. The Morgan fingerprint density at radius 2 is 2.43 bits per heavy atom. The Labute approximate surface area is 83.8 Å². The second-order valence-electron chi connectivity index (χ2n) is 2.70. The monoisotopic (exact) mass is 185 g/mol. The molecule has 0 saturated heterocycles. The van der Waals surface area contributed by atoms with E-state index in [0.717, 1.165) is 18.5 Å². The Balaban J connectivity index is 2.66. The predicted molar refractivity (Wildman–Crippen MR) is 54.4 cm³/mol. The summed E-state index contributed by atoms with van der Waals surface area (Å²) in [6.07, 6.45) is 2.40. The molecule has 0 aliphatic heterocycles. The molecule has 1 aromatic heterocycles. The van der Waals surface area contributed by atoms with E-state index in [4.69, 9.17) is 5.26 Å². The second-order valence-corrected chi connectivity index (χ2v) is 2.70. The van der Waals surface area contributed by atoms with Crippen LogP contribution >= 0.6 is 0 Å². The molecule has 3 nitrogen and oxygen atoms in total. The number of rotatable bonds is 2. The van der Waals surface area contributed by atoms with Gasteiger partial charge in [0.15, 0.2) is 0 Å². The highest BCUT2D eigenvalue weighted by Crippen LogP contribution is 1.98. The zero-order valence-electron chi connectivity index (χ0n) is 8.04. The molecular weight excluding hydrogens is 174 g/mol. The van der Waals surface area contributed by atoms with Crippen LogP contribution in [0.5, 0.6) is 0 Å². The van der Waals surface area contributed by atoms with Crippen molar-refractivity contribution in [2.24, 2.45) is 0 Å². The average molecular weight is 185 g/mol. The molecule has 0 saturated carbocycles. The highest BCUT2D eigenvalue weighted by atomic mass is 14.8. The van der Waals surface area contributed by atoms with E-state index in [1.54, 1.807) is 18.3 Å². The van der Waals surface area contributed by atoms with Gasteiger partial charge in [-0.25, -0.2) is 4.98 Å². The van der Waals surface area contributed by atoms with Crippen LogP contribution < -0.4 is 5.32 Å². The summed E-state index contributed by atoms with van der Waals surface area (Å²) >= 11 is 0. The smallest absolute Gasteiger partial charge is 0.141 e. The summed E-state index contributed by atoms with van der Waals surface area (Å²) in [5, 5.41) is 11.6. The Kier molecular flexibility index (Phi) is 4.20. The van der Waals surface area contributed by atoms with Crippen LogP contribution in [0.4, 0.5) is 0 Å². The normalized spacial score (nSPS) is 8.57. The standard InChI is InChI=1S/C11H11N3/c1-13-6-3-2-4-10-5-7-14-11(8-10)9-12/h5,7-8,13H,3,6H2,1H3. The largest absolute Gasteiger partial charge is 0.319 e. The van der Waals surface area contributed by atoms with Crippen LogP contribution in [0.3, 0.4) is 0 Å². The molecule has 0 spiro atoms. The second kappa shape index (κ2) is 5.75. The summed E-state index contributed by atoms with van der Waals surface area (Å²) in [5.74, 6) is 5.98. The molecule has 0 atom stereocenters. The molecule has 1 heterocycles. The number of nitriles is 1. The van der Waals surface area contributed by atoms with Crippen molar-refractivity contribution >= 4 is 0 Å². The van der Waals surface area contributed by atoms with E-state index in [9.17, 15) is 0 Å². The van der Waals surface area contributed by atoms with E-state index >= 15 is 0 Å². The summed E-state index contributed by atoms with van der Waals surface area (Å²) in [6.45, 7) is 0.878. The maximum atomic E-state index is 8.60. The van der Waals surface area contributed by atoms with Gasteiger partial charge in [0, 0.05) is 24.7 Å². The van der Waals surface area contributed by atoms with Crippen molar-refractivity contribution in [1.29, 1.82) is 5.26 Å². The van der Waals surface area contributed by atoms with Gasteiger partial charge in [0.05, 0.1) is 0 Å². The van der Waals surface area contributed by atoms with Gasteiger partial charge in [-0.15, -0.1) is 0 Å². The van der Waals surface area contributed by atoms with Crippen molar-refractivity contribution in [3.63, 3.8) is 0 Å². The quantitative estimate of drug-likeness (QED) is 0.550. The van der Waals surface area contributed by atoms with E-state index < -0.39 is 0 Å². The molecule has 0 aliphatic carbocycles. The SMILES string of the molecule is CNCCC#Cc1ccnc(C#N)c1. The van der Waals surface area contributed by atoms with E-state index in [1.807, 2.05) is 13.1 Å². The first-order valence-electron chi connectivity index (χ1n) is 4.36. The summed E-state index contributed by atoms with van der Waals surface area (Å²) in [6, 6.07) is 5.46. The van der Waals surface area contributed by atoms with Crippen LogP contribution in [-0.4, -0.2) is 18.6 Å². The number of nitrogens with one attached hydrogen (secondary N) is 1. The first-order valence-corrected chi connectivity index (χ1v) is 4.36. The minimum absolute atomic E-state index is 0.408. The summed E-state index contributed by atoms with van der Waals surface area (Å²) < 4.78 is 0. The number of pyridine rings is 1. The molecule has 0 aliphatic rings. The lowest BCUT2D eigenvalue weighted by Crippen LogP contribution is -2.05. The van der Waals surface area contributed by atoms with Crippen molar-refractivity contribution in [1.82, 2.24) is 10.3 Å². The van der Waals surface area contributed by atoms with Gasteiger partial charge in [-0.3, -0.25) is 0 Å². The van der Waals surface area contributed by atoms with Gasteiger partial charge in [0.1, 0.15) is 11.8 Å². The third kappa shape index (κ3) is 3.26. The van der Waals surface area contributed by atoms with Gasteiger partial charge in [-0.2, -0.15) is 5.26 Å². The molecule has 70 valence electrons. The molecule has 1 aromatic rings. The summed E-state index contributed by atoms with van der Waals surface area (Å²) in [4.78, 5) is 3.86. The van der Waals surface area contributed by atoms with Crippen LogP contribution in [0.25, 0.3) is 0 Å². The van der Waals surface area contributed by atoms with Gasteiger partial charge >= 0.3 is 0 Å². The van der Waals surface area contributed by atoms with E-state index in [0.29, 0.717) is 5.69 Å². The zero-order valence-corrected chi connectivity index (χ0v) is 8.04. The van der Waals surface area contributed by atoms with Crippen LogP contribution in [0.15, 0.2) is 18.3 Å². The van der Waals surface area contributed by atoms with Crippen LogP contribution in [-0.2, 0) is 0 Å². The maximum Gasteiger partial charge on any atom is 0.141 e. The lowest BCUT2D eigenvalue weighted by Gasteiger charge is -1.90. The van der Waals surface area contributed by atoms with Crippen molar-refractivity contribution < 1.29 is 0 Å². The Morgan fingerprint density at radius 3 is 3.14 bits per heavy atom. The number of nitrogens with zero attached hydrogens (tertiary/aromatic N) is 2. The van der Waals surface area contributed by atoms with Gasteiger partial charge in [-0.1, -0.05) is 11.8 Å². The Bertz CT molecular complexity index is 393. The molecule has 0 fully saturated rings. The molecule has 0 unspecified atom stereocenters. The third-order valence-corrected chi connectivity index (χ3v) is 1.61. The highest BCUT2D eigenvalue weighted by molar-refractivity contribution is 5.37. The van der Waals surface area contributed by atoms with Crippen LogP contribution in [0.1, 0.15) is 17.7 Å². The van der Waals surface area contributed by atoms with Crippen molar-refractivity contribution in [3.8, 4) is 17.9 Å².